The molecule has 0 radical (unpaired) electrons. The van der Waals surface area contributed by atoms with Gasteiger partial charge in [-0.1, -0.05) is 32.8 Å². The smallest absolute Gasteiger partial charge is 0.335 e. The van der Waals surface area contributed by atoms with E-state index in [4.69, 9.17) is 5.11 Å². The van der Waals surface area contributed by atoms with Gasteiger partial charge >= 0.3 is 5.97 Å². The third kappa shape index (κ3) is 5.21. The maximum absolute atomic E-state index is 10.9. The van der Waals surface area contributed by atoms with Gasteiger partial charge in [-0.25, -0.2) is 4.79 Å². The Morgan fingerprint density at radius 1 is 1.28 bits per heavy atom. The molecule has 0 spiro atoms. The summed E-state index contributed by atoms with van der Waals surface area (Å²) in [5, 5.41) is 12.3. The van der Waals surface area contributed by atoms with Gasteiger partial charge in [-0.3, -0.25) is 0 Å². The van der Waals surface area contributed by atoms with Crippen molar-refractivity contribution in [3.8, 4) is 0 Å². The molecule has 1 rings (SSSR count). The average molecular weight is 249 g/mol. The molecular formula is C15H23NO2. The summed E-state index contributed by atoms with van der Waals surface area (Å²) in [7, 11) is 0. The summed E-state index contributed by atoms with van der Waals surface area (Å²) in [6, 6.07) is 7.34. The molecule has 0 aliphatic carbocycles. The SMILES string of the molecule is CC(C)CCCC(C)Nc1cccc(C(=O)O)c1. The molecule has 100 valence electrons. The van der Waals surface area contributed by atoms with E-state index in [-0.39, 0.29) is 0 Å². The lowest BCUT2D eigenvalue weighted by molar-refractivity contribution is 0.0697. The van der Waals surface area contributed by atoms with Gasteiger partial charge in [-0.2, -0.15) is 0 Å². The number of hydrogen-bond acceptors (Lipinski definition) is 2. The second kappa shape index (κ2) is 7.04. The minimum atomic E-state index is -0.883. The molecule has 0 bridgehead atoms. The van der Waals surface area contributed by atoms with Crippen LogP contribution in [0.15, 0.2) is 24.3 Å². The van der Waals surface area contributed by atoms with E-state index >= 15 is 0 Å². The zero-order valence-corrected chi connectivity index (χ0v) is 11.4. The first-order valence-corrected chi connectivity index (χ1v) is 6.59. The molecular weight excluding hydrogens is 226 g/mol. The monoisotopic (exact) mass is 249 g/mol. The molecule has 3 heteroatoms. The molecule has 3 nitrogen and oxygen atoms in total. The van der Waals surface area contributed by atoms with Crippen molar-refractivity contribution < 1.29 is 9.90 Å². The molecule has 0 saturated heterocycles. The fourth-order valence-electron chi connectivity index (χ4n) is 1.93. The third-order valence-electron chi connectivity index (χ3n) is 2.94. The van der Waals surface area contributed by atoms with Gasteiger partial charge in [0.1, 0.15) is 0 Å². The van der Waals surface area contributed by atoms with Gasteiger partial charge in [0, 0.05) is 11.7 Å². The van der Waals surface area contributed by atoms with Crippen LogP contribution >= 0.6 is 0 Å². The Labute approximate surface area is 109 Å². The third-order valence-corrected chi connectivity index (χ3v) is 2.94. The van der Waals surface area contributed by atoms with Crippen LogP contribution in [0.25, 0.3) is 0 Å². The number of aromatic carboxylic acids is 1. The van der Waals surface area contributed by atoms with Crippen molar-refractivity contribution in [1.82, 2.24) is 0 Å². The van der Waals surface area contributed by atoms with Crippen molar-refractivity contribution in [1.29, 1.82) is 0 Å². The Balaban J connectivity index is 2.46. The number of anilines is 1. The molecule has 18 heavy (non-hydrogen) atoms. The quantitative estimate of drug-likeness (QED) is 0.767. The highest BCUT2D eigenvalue weighted by Crippen LogP contribution is 2.15. The maximum Gasteiger partial charge on any atom is 0.335 e. The molecule has 0 aliphatic rings. The Morgan fingerprint density at radius 2 is 2.00 bits per heavy atom. The molecule has 0 saturated carbocycles. The number of nitrogens with one attached hydrogen (secondary N) is 1. The van der Waals surface area contributed by atoms with Crippen molar-refractivity contribution in [2.24, 2.45) is 5.92 Å². The van der Waals surface area contributed by atoms with Crippen LogP contribution in [0, 0.1) is 5.92 Å². The fraction of sp³-hybridized carbons (Fsp3) is 0.533. The predicted molar refractivity (Wildman–Crippen MR) is 75.2 cm³/mol. The summed E-state index contributed by atoms with van der Waals surface area (Å²) in [6.07, 6.45) is 3.54. The van der Waals surface area contributed by atoms with Crippen LogP contribution in [0.1, 0.15) is 50.4 Å². The summed E-state index contributed by atoms with van der Waals surface area (Å²) < 4.78 is 0. The molecule has 0 fully saturated rings. The van der Waals surface area contributed by atoms with Crippen LogP contribution in [0.2, 0.25) is 0 Å². The maximum atomic E-state index is 10.9. The molecule has 0 aliphatic heterocycles. The van der Waals surface area contributed by atoms with Crippen LogP contribution in [-0.2, 0) is 0 Å². The molecule has 1 atom stereocenters. The predicted octanol–water partition coefficient (Wildman–Crippen LogP) is 4.01. The van der Waals surface area contributed by atoms with Gasteiger partial charge in [0.05, 0.1) is 5.56 Å². The van der Waals surface area contributed by atoms with Gasteiger partial charge in [-0.15, -0.1) is 0 Å². The summed E-state index contributed by atoms with van der Waals surface area (Å²) in [6.45, 7) is 6.59. The fourth-order valence-corrected chi connectivity index (χ4v) is 1.93. The van der Waals surface area contributed by atoms with E-state index in [9.17, 15) is 4.79 Å². The van der Waals surface area contributed by atoms with Crippen molar-refractivity contribution >= 4 is 11.7 Å². The number of rotatable bonds is 7. The van der Waals surface area contributed by atoms with Crippen molar-refractivity contribution in [2.75, 3.05) is 5.32 Å². The first-order chi connectivity index (χ1) is 8.49. The van der Waals surface area contributed by atoms with Gasteiger partial charge in [0.2, 0.25) is 0 Å². The molecule has 0 aromatic heterocycles. The van der Waals surface area contributed by atoms with Gasteiger partial charge in [0.25, 0.3) is 0 Å². The molecule has 1 unspecified atom stereocenters. The molecule has 0 heterocycles. The summed E-state index contributed by atoms with van der Waals surface area (Å²) in [5.41, 5.74) is 1.21. The van der Waals surface area contributed by atoms with Gasteiger partial charge < -0.3 is 10.4 Å². The zero-order valence-electron chi connectivity index (χ0n) is 11.4. The van der Waals surface area contributed by atoms with Crippen LogP contribution in [-0.4, -0.2) is 17.1 Å². The Bertz CT molecular complexity index is 388. The van der Waals surface area contributed by atoms with E-state index < -0.39 is 5.97 Å². The van der Waals surface area contributed by atoms with E-state index in [1.165, 1.54) is 12.8 Å². The van der Waals surface area contributed by atoms with Gasteiger partial charge in [0.15, 0.2) is 0 Å². The highest BCUT2D eigenvalue weighted by atomic mass is 16.4. The molecule has 1 aromatic rings. The second-order valence-electron chi connectivity index (χ2n) is 5.26. The number of benzene rings is 1. The zero-order chi connectivity index (χ0) is 13.5. The first kappa shape index (κ1) is 14.6. The van der Waals surface area contributed by atoms with Crippen molar-refractivity contribution in [3.05, 3.63) is 29.8 Å². The van der Waals surface area contributed by atoms with E-state index in [0.29, 0.717) is 11.6 Å². The Morgan fingerprint density at radius 3 is 2.61 bits per heavy atom. The second-order valence-corrected chi connectivity index (χ2v) is 5.26. The lowest BCUT2D eigenvalue weighted by atomic mass is 10.0. The summed E-state index contributed by atoms with van der Waals surface area (Å²) in [4.78, 5) is 10.9. The highest BCUT2D eigenvalue weighted by molar-refractivity contribution is 5.88. The first-order valence-electron chi connectivity index (χ1n) is 6.59. The average Bonchev–Trinajstić information content (AvgIpc) is 2.28. The summed E-state index contributed by atoms with van der Waals surface area (Å²) >= 11 is 0. The number of carboxylic acids is 1. The van der Waals surface area contributed by atoms with Gasteiger partial charge in [-0.05, 0) is 37.5 Å². The van der Waals surface area contributed by atoms with Crippen molar-refractivity contribution in [2.45, 2.75) is 46.1 Å². The Kier molecular flexibility index (Phi) is 5.69. The number of carbonyl (C=O) groups is 1. The Hall–Kier alpha value is -1.51. The number of carboxylic acid groups (broad SMARTS) is 1. The minimum absolute atomic E-state index is 0.328. The minimum Gasteiger partial charge on any atom is -0.478 e. The van der Waals surface area contributed by atoms with E-state index in [0.717, 1.165) is 18.0 Å². The topological polar surface area (TPSA) is 49.3 Å². The van der Waals surface area contributed by atoms with Crippen LogP contribution in [0.3, 0.4) is 0 Å². The van der Waals surface area contributed by atoms with E-state index in [2.05, 4.69) is 26.1 Å². The van der Waals surface area contributed by atoms with E-state index in [1.807, 2.05) is 6.07 Å². The summed E-state index contributed by atoms with van der Waals surface area (Å²) in [5.74, 6) is -0.140. The molecule has 2 N–H and O–H groups in total. The lowest BCUT2D eigenvalue weighted by Gasteiger charge is -2.16. The molecule has 1 aromatic carbocycles. The normalized spacial score (nSPS) is 12.4. The van der Waals surface area contributed by atoms with Crippen LogP contribution < -0.4 is 5.32 Å². The van der Waals surface area contributed by atoms with Crippen LogP contribution in [0.4, 0.5) is 5.69 Å². The molecule has 0 amide bonds. The highest BCUT2D eigenvalue weighted by Gasteiger charge is 2.06. The van der Waals surface area contributed by atoms with Crippen LogP contribution in [0.5, 0.6) is 0 Å². The lowest BCUT2D eigenvalue weighted by Crippen LogP contribution is -2.15. The number of hydrogen-bond donors (Lipinski definition) is 2. The van der Waals surface area contributed by atoms with E-state index in [1.54, 1.807) is 18.2 Å². The standard InChI is InChI=1S/C15H23NO2/c1-11(2)6-4-7-12(3)16-14-9-5-8-13(10-14)15(17)18/h5,8-12,16H,4,6-7H2,1-3H3,(H,17,18). The van der Waals surface area contributed by atoms with Crippen molar-refractivity contribution in [3.63, 3.8) is 0 Å². The largest absolute Gasteiger partial charge is 0.478 e.